The van der Waals surface area contributed by atoms with E-state index < -0.39 is 20.7 Å². The van der Waals surface area contributed by atoms with Gasteiger partial charge in [-0.2, -0.15) is 0 Å². The Balaban J connectivity index is 2.34. The Morgan fingerprint density at radius 1 is 1.14 bits per heavy atom. The van der Waals surface area contributed by atoms with E-state index in [-0.39, 0.29) is 11.6 Å². The minimum Gasteiger partial charge on any atom is -0.326 e. The van der Waals surface area contributed by atoms with Crippen LogP contribution >= 0.6 is 0 Å². The number of amides is 1. The smallest absolute Gasteiger partial charge is 0.264 e. The van der Waals surface area contributed by atoms with Crippen molar-refractivity contribution < 1.29 is 17.6 Å². The summed E-state index contributed by atoms with van der Waals surface area (Å²) in [5.41, 5.74) is 1.50. The van der Waals surface area contributed by atoms with E-state index in [0.29, 0.717) is 5.69 Å². The van der Waals surface area contributed by atoms with Crippen LogP contribution in [-0.4, -0.2) is 14.3 Å². The summed E-state index contributed by atoms with van der Waals surface area (Å²) in [5, 5.41) is 2.60. The van der Waals surface area contributed by atoms with Crippen molar-refractivity contribution in [3.8, 4) is 0 Å². The standard InChI is InChI=1S/C15H15FN2O3S/c1-10-7-8-12(9-14(10)17-11(2)19)18-22(20,21)15-6-4-3-5-13(15)16/h3-9,18H,1-2H3,(H,17,19). The van der Waals surface area contributed by atoms with Crippen LogP contribution in [0.25, 0.3) is 0 Å². The van der Waals surface area contributed by atoms with Crippen molar-refractivity contribution in [3.05, 3.63) is 53.8 Å². The van der Waals surface area contributed by atoms with Crippen LogP contribution in [-0.2, 0) is 14.8 Å². The van der Waals surface area contributed by atoms with Gasteiger partial charge >= 0.3 is 0 Å². The van der Waals surface area contributed by atoms with Crippen molar-refractivity contribution in [1.29, 1.82) is 0 Å². The van der Waals surface area contributed by atoms with E-state index in [1.807, 2.05) is 0 Å². The molecule has 116 valence electrons. The second-order valence-electron chi connectivity index (χ2n) is 4.75. The first-order valence-electron chi connectivity index (χ1n) is 6.45. The molecule has 22 heavy (non-hydrogen) atoms. The molecule has 0 fully saturated rings. The van der Waals surface area contributed by atoms with E-state index >= 15 is 0 Å². The van der Waals surface area contributed by atoms with Crippen LogP contribution in [0.1, 0.15) is 12.5 Å². The van der Waals surface area contributed by atoms with E-state index in [1.54, 1.807) is 19.1 Å². The monoisotopic (exact) mass is 322 g/mol. The van der Waals surface area contributed by atoms with Gasteiger partial charge in [0, 0.05) is 12.6 Å². The molecule has 0 spiro atoms. The van der Waals surface area contributed by atoms with Crippen LogP contribution in [0.2, 0.25) is 0 Å². The summed E-state index contributed by atoms with van der Waals surface area (Å²) in [4.78, 5) is 10.7. The minimum atomic E-state index is -4.04. The molecule has 2 rings (SSSR count). The van der Waals surface area contributed by atoms with Crippen molar-refractivity contribution in [1.82, 2.24) is 0 Å². The maximum atomic E-state index is 13.6. The Labute approximate surface area is 128 Å². The molecule has 0 saturated carbocycles. The van der Waals surface area contributed by atoms with Crippen LogP contribution in [0, 0.1) is 12.7 Å². The van der Waals surface area contributed by atoms with Gasteiger partial charge in [0.25, 0.3) is 10.0 Å². The molecule has 0 saturated heterocycles. The third kappa shape index (κ3) is 3.62. The Morgan fingerprint density at radius 3 is 2.45 bits per heavy atom. The van der Waals surface area contributed by atoms with Crippen molar-refractivity contribution in [3.63, 3.8) is 0 Å². The molecule has 2 aromatic rings. The predicted molar refractivity (Wildman–Crippen MR) is 82.7 cm³/mol. The number of hydrogen-bond acceptors (Lipinski definition) is 3. The highest BCUT2D eigenvalue weighted by molar-refractivity contribution is 7.92. The Hall–Kier alpha value is -2.41. The lowest BCUT2D eigenvalue weighted by Gasteiger charge is -2.12. The zero-order chi connectivity index (χ0) is 16.3. The maximum absolute atomic E-state index is 13.6. The number of sulfonamides is 1. The first-order chi connectivity index (χ1) is 10.3. The molecule has 0 atom stereocenters. The summed E-state index contributed by atoms with van der Waals surface area (Å²) in [6.07, 6.45) is 0. The molecule has 0 heterocycles. The SMILES string of the molecule is CC(=O)Nc1cc(NS(=O)(=O)c2ccccc2F)ccc1C. The van der Waals surface area contributed by atoms with Crippen LogP contribution in [0.4, 0.5) is 15.8 Å². The summed E-state index contributed by atoms with van der Waals surface area (Å²) in [6, 6.07) is 9.79. The quantitative estimate of drug-likeness (QED) is 0.909. The largest absolute Gasteiger partial charge is 0.326 e. The molecule has 0 bridgehead atoms. The zero-order valence-electron chi connectivity index (χ0n) is 12.1. The molecule has 0 aliphatic rings. The molecule has 0 aliphatic carbocycles. The molecule has 2 N–H and O–H groups in total. The number of aryl methyl sites for hydroxylation is 1. The number of anilines is 2. The number of benzene rings is 2. The molecule has 0 unspecified atom stereocenters. The van der Waals surface area contributed by atoms with Gasteiger partial charge in [0.15, 0.2) is 0 Å². The fourth-order valence-electron chi connectivity index (χ4n) is 1.88. The summed E-state index contributed by atoms with van der Waals surface area (Å²) in [6.45, 7) is 3.13. The van der Waals surface area contributed by atoms with E-state index in [9.17, 15) is 17.6 Å². The second kappa shape index (κ2) is 6.15. The second-order valence-corrected chi connectivity index (χ2v) is 6.40. The van der Waals surface area contributed by atoms with Gasteiger partial charge in [-0.25, -0.2) is 12.8 Å². The molecule has 0 radical (unpaired) electrons. The molecule has 0 aromatic heterocycles. The molecule has 1 amide bonds. The van der Waals surface area contributed by atoms with Crippen molar-refractivity contribution in [2.24, 2.45) is 0 Å². The van der Waals surface area contributed by atoms with Crippen molar-refractivity contribution in [2.45, 2.75) is 18.7 Å². The predicted octanol–water partition coefficient (Wildman–Crippen LogP) is 2.89. The summed E-state index contributed by atoms with van der Waals surface area (Å²) >= 11 is 0. The lowest BCUT2D eigenvalue weighted by molar-refractivity contribution is -0.114. The summed E-state index contributed by atoms with van der Waals surface area (Å²) < 4.78 is 40.3. The van der Waals surface area contributed by atoms with Crippen LogP contribution in [0.5, 0.6) is 0 Å². The zero-order valence-corrected chi connectivity index (χ0v) is 12.9. The van der Waals surface area contributed by atoms with Gasteiger partial charge in [-0.3, -0.25) is 9.52 Å². The van der Waals surface area contributed by atoms with Gasteiger partial charge in [0.2, 0.25) is 5.91 Å². The first-order valence-corrected chi connectivity index (χ1v) is 7.93. The van der Waals surface area contributed by atoms with E-state index in [2.05, 4.69) is 10.0 Å². The molecular weight excluding hydrogens is 307 g/mol. The van der Waals surface area contributed by atoms with E-state index in [0.717, 1.165) is 11.6 Å². The fraction of sp³-hybridized carbons (Fsp3) is 0.133. The normalized spacial score (nSPS) is 11.0. The molecule has 2 aromatic carbocycles. The highest BCUT2D eigenvalue weighted by atomic mass is 32.2. The Kier molecular flexibility index (Phi) is 4.46. The minimum absolute atomic E-state index is 0.234. The Bertz CT molecular complexity index is 819. The third-order valence-electron chi connectivity index (χ3n) is 2.93. The number of halogens is 1. The third-order valence-corrected chi connectivity index (χ3v) is 4.34. The molecule has 7 heteroatoms. The highest BCUT2D eigenvalue weighted by Gasteiger charge is 2.18. The van der Waals surface area contributed by atoms with Crippen LogP contribution in [0.15, 0.2) is 47.4 Å². The van der Waals surface area contributed by atoms with Gasteiger partial charge in [0.1, 0.15) is 10.7 Å². The number of rotatable bonds is 4. The fourth-order valence-corrected chi connectivity index (χ4v) is 3.01. The van der Waals surface area contributed by atoms with Gasteiger partial charge in [-0.1, -0.05) is 18.2 Å². The molecule has 5 nitrogen and oxygen atoms in total. The average molecular weight is 322 g/mol. The lowest BCUT2D eigenvalue weighted by atomic mass is 10.2. The van der Waals surface area contributed by atoms with Gasteiger partial charge in [-0.15, -0.1) is 0 Å². The maximum Gasteiger partial charge on any atom is 0.264 e. The average Bonchev–Trinajstić information content (AvgIpc) is 2.42. The van der Waals surface area contributed by atoms with Gasteiger partial charge in [-0.05, 0) is 36.8 Å². The molecular formula is C15H15FN2O3S. The van der Waals surface area contributed by atoms with Crippen molar-refractivity contribution >= 4 is 27.3 Å². The molecule has 0 aliphatic heterocycles. The van der Waals surface area contributed by atoms with Crippen LogP contribution in [0.3, 0.4) is 0 Å². The topological polar surface area (TPSA) is 75.3 Å². The van der Waals surface area contributed by atoms with Crippen molar-refractivity contribution in [2.75, 3.05) is 10.0 Å². The number of hydrogen-bond donors (Lipinski definition) is 2. The van der Waals surface area contributed by atoms with Crippen LogP contribution < -0.4 is 10.0 Å². The number of carbonyl (C=O) groups excluding carboxylic acids is 1. The summed E-state index contributed by atoms with van der Waals surface area (Å²) in [7, 11) is -4.04. The Morgan fingerprint density at radius 2 is 1.82 bits per heavy atom. The highest BCUT2D eigenvalue weighted by Crippen LogP contribution is 2.23. The van der Waals surface area contributed by atoms with Gasteiger partial charge < -0.3 is 5.32 Å². The number of nitrogens with one attached hydrogen (secondary N) is 2. The summed E-state index contributed by atoms with van der Waals surface area (Å²) in [5.74, 6) is -1.10. The van der Waals surface area contributed by atoms with E-state index in [4.69, 9.17) is 0 Å². The van der Waals surface area contributed by atoms with E-state index in [1.165, 1.54) is 31.2 Å². The van der Waals surface area contributed by atoms with Gasteiger partial charge in [0.05, 0.1) is 5.69 Å². The lowest BCUT2D eigenvalue weighted by Crippen LogP contribution is -2.15. The number of carbonyl (C=O) groups is 1. The first kappa shape index (κ1) is 16.0.